The third kappa shape index (κ3) is 2.84. The van der Waals surface area contributed by atoms with Crippen molar-refractivity contribution in [3.8, 4) is 0 Å². The van der Waals surface area contributed by atoms with Gasteiger partial charge in [-0.05, 0) is 18.3 Å². The summed E-state index contributed by atoms with van der Waals surface area (Å²) in [6, 6.07) is 0.881. The minimum absolute atomic E-state index is 0.105. The maximum atomic E-state index is 12.2. The number of halogens is 3. The van der Waals surface area contributed by atoms with Crippen LogP contribution in [0.25, 0.3) is 0 Å². The fourth-order valence-corrected chi connectivity index (χ4v) is 0.923. The van der Waals surface area contributed by atoms with Crippen molar-refractivity contribution in [3.63, 3.8) is 0 Å². The summed E-state index contributed by atoms with van der Waals surface area (Å²) in [7, 11) is 0. The van der Waals surface area contributed by atoms with E-state index < -0.39 is 11.7 Å². The molecular weight excluding hydrogens is 215 g/mol. The molecule has 1 rings (SSSR count). The van der Waals surface area contributed by atoms with Crippen LogP contribution in [0.15, 0.2) is 18.5 Å². The van der Waals surface area contributed by atoms with Gasteiger partial charge in [-0.15, -0.1) is 0 Å². The largest absolute Gasteiger partial charge is 0.417 e. The topological polar surface area (TPSA) is 50.9 Å². The molecule has 76 valence electrons. The van der Waals surface area contributed by atoms with E-state index in [1.807, 2.05) is 0 Å². The molecular formula is C7H6F3N3S. The minimum atomic E-state index is -4.42. The summed E-state index contributed by atoms with van der Waals surface area (Å²) < 4.78 is 36.5. The van der Waals surface area contributed by atoms with Gasteiger partial charge in [-0.2, -0.15) is 13.2 Å². The van der Waals surface area contributed by atoms with Gasteiger partial charge in [0, 0.05) is 6.20 Å². The lowest BCUT2D eigenvalue weighted by Gasteiger charge is -2.08. The van der Waals surface area contributed by atoms with Gasteiger partial charge in [0.2, 0.25) is 0 Å². The maximum Gasteiger partial charge on any atom is 0.417 e. The Morgan fingerprint density at radius 1 is 1.43 bits per heavy atom. The van der Waals surface area contributed by atoms with E-state index >= 15 is 0 Å². The average molecular weight is 221 g/mol. The lowest BCUT2D eigenvalue weighted by Crippen LogP contribution is -2.19. The summed E-state index contributed by atoms with van der Waals surface area (Å²) in [4.78, 5) is 3.41. The molecule has 0 amide bonds. The van der Waals surface area contributed by atoms with Crippen LogP contribution >= 0.6 is 12.2 Å². The van der Waals surface area contributed by atoms with E-state index in [0.29, 0.717) is 0 Å². The van der Waals surface area contributed by atoms with Gasteiger partial charge in [0.25, 0.3) is 0 Å². The first-order valence-corrected chi connectivity index (χ1v) is 3.89. The molecule has 0 aliphatic carbocycles. The van der Waals surface area contributed by atoms with E-state index in [9.17, 15) is 13.2 Å². The van der Waals surface area contributed by atoms with Crippen molar-refractivity contribution >= 4 is 23.0 Å². The number of hydrogen-bond acceptors (Lipinski definition) is 2. The molecule has 14 heavy (non-hydrogen) atoms. The zero-order chi connectivity index (χ0) is 10.8. The fourth-order valence-electron chi connectivity index (χ4n) is 0.806. The molecule has 3 N–H and O–H groups in total. The Morgan fingerprint density at radius 3 is 2.57 bits per heavy atom. The van der Waals surface area contributed by atoms with Crippen molar-refractivity contribution in [1.82, 2.24) is 4.98 Å². The molecule has 0 bridgehead atoms. The molecule has 0 unspecified atom stereocenters. The molecule has 0 aliphatic rings. The molecule has 3 nitrogen and oxygen atoms in total. The second kappa shape index (κ2) is 3.79. The van der Waals surface area contributed by atoms with Crippen LogP contribution in [0.2, 0.25) is 0 Å². The zero-order valence-electron chi connectivity index (χ0n) is 6.80. The smallest absolute Gasteiger partial charge is 0.376 e. The lowest BCUT2D eigenvalue weighted by molar-refractivity contribution is -0.137. The molecule has 0 atom stereocenters. The molecule has 0 saturated carbocycles. The number of alkyl halides is 3. The minimum Gasteiger partial charge on any atom is -0.376 e. The molecule has 0 fully saturated rings. The van der Waals surface area contributed by atoms with E-state index in [1.165, 1.54) is 6.20 Å². The van der Waals surface area contributed by atoms with Crippen LogP contribution in [0.4, 0.5) is 18.9 Å². The number of nitrogens with zero attached hydrogens (tertiary/aromatic N) is 1. The summed E-state index contributed by atoms with van der Waals surface area (Å²) in [5, 5.41) is 2.26. The molecule has 1 aromatic rings. The molecule has 7 heteroatoms. The van der Waals surface area contributed by atoms with Crippen LogP contribution in [-0.4, -0.2) is 10.1 Å². The summed E-state index contributed by atoms with van der Waals surface area (Å²) in [5.41, 5.74) is 4.36. The van der Waals surface area contributed by atoms with Crippen LogP contribution in [0.3, 0.4) is 0 Å². The highest BCUT2D eigenvalue weighted by molar-refractivity contribution is 7.80. The Morgan fingerprint density at radius 2 is 2.07 bits per heavy atom. The highest BCUT2D eigenvalue weighted by Gasteiger charge is 2.31. The van der Waals surface area contributed by atoms with Crippen LogP contribution in [0.1, 0.15) is 5.56 Å². The Hall–Kier alpha value is -1.37. The van der Waals surface area contributed by atoms with E-state index in [2.05, 4.69) is 22.5 Å². The molecule has 0 aromatic carbocycles. The van der Waals surface area contributed by atoms with Gasteiger partial charge in [-0.3, -0.25) is 4.98 Å². The second-order valence-corrected chi connectivity index (χ2v) is 2.89. The predicted octanol–water partition coefficient (Wildman–Crippen LogP) is 1.76. The second-order valence-electron chi connectivity index (χ2n) is 2.45. The lowest BCUT2D eigenvalue weighted by atomic mass is 10.2. The number of aromatic nitrogens is 1. The van der Waals surface area contributed by atoms with Crippen molar-refractivity contribution in [2.45, 2.75) is 6.18 Å². The molecule has 1 heterocycles. The van der Waals surface area contributed by atoms with Crippen LogP contribution in [-0.2, 0) is 6.18 Å². The third-order valence-corrected chi connectivity index (χ3v) is 1.44. The Bertz CT molecular complexity index is 350. The number of anilines is 1. The molecule has 0 aliphatic heterocycles. The van der Waals surface area contributed by atoms with Gasteiger partial charge in [-0.1, -0.05) is 0 Å². The van der Waals surface area contributed by atoms with Crippen LogP contribution in [0, 0.1) is 0 Å². The number of thiocarbonyl (C=S) groups is 1. The standard InChI is InChI=1S/C7H6F3N3S/c8-7(9,10)4-1-5(3-12-2-4)13-6(11)14/h1-3H,(H3,11,13,14). The van der Waals surface area contributed by atoms with Gasteiger partial charge >= 0.3 is 6.18 Å². The number of nitrogens with two attached hydrogens (primary N) is 1. The van der Waals surface area contributed by atoms with E-state index in [4.69, 9.17) is 5.73 Å². The van der Waals surface area contributed by atoms with Gasteiger partial charge in [0.1, 0.15) is 0 Å². The fraction of sp³-hybridized carbons (Fsp3) is 0.143. The summed E-state index contributed by atoms with van der Waals surface area (Å²) in [6.45, 7) is 0. The normalized spacial score (nSPS) is 11.1. The Balaban J connectivity index is 2.95. The predicted molar refractivity (Wildman–Crippen MR) is 49.6 cm³/mol. The Labute approximate surface area is 83.1 Å². The summed E-state index contributed by atoms with van der Waals surface area (Å²) >= 11 is 4.47. The number of nitrogens with one attached hydrogen (secondary N) is 1. The summed E-state index contributed by atoms with van der Waals surface area (Å²) in [5.74, 6) is 0. The van der Waals surface area contributed by atoms with E-state index in [0.717, 1.165) is 12.3 Å². The molecule has 0 radical (unpaired) electrons. The molecule has 0 spiro atoms. The van der Waals surface area contributed by atoms with Crippen LogP contribution < -0.4 is 11.1 Å². The van der Waals surface area contributed by atoms with E-state index in [-0.39, 0.29) is 10.8 Å². The van der Waals surface area contributed by atoms with Crippen molar-refractivity contribution < 1.29 is 13.2 Å². The first-order valence-electron chi connectivity index (χ1n) is 3.48. The maximum absolute atomic E-state index is 12.2. The average Bonchev–Trinajstić information content (AvgIpc) is 2.01. The van der Waals surface area contributed by atoms with Gasteiger partial charge < -0.3 is 11.1 Å². The number of pyridine rings is 1. The van der Waals surface area contributed by atoms with Crippen molar-refractivity contribution in [2.24, 2.45) is 5.73 Å². The highest BCUT2D eigenvalue weighted by atomic mass is 32.1. The number of hydrogen-bond donors (Lipinski definition) is 2. The summed E-state index contributed by atoms with van der Waals surface area (Å²) in [6.07, 6.45) is -2.49. The third-order valence-electron chi connectivity index (χ3n) is 1.33. The highest BCUT2D eigenvalue weighted by Crippen LogP contribution is 2.29. The first-order chi connectivity index (χ1) is 6.39. The van der Waals surface area contributed by atoms with Gasteiger partial charge in [-0.25, -0.2) is 0 Å². The van der Waals surface area contributed by atoms with Crippen molar-refractivity contribution in [3.05, 3.63) is 24.0 Å². The van der Waals surface area contributed by atoms with Crippen LogP contribution in [0.5, 0.6) is 0 Å². The van der Waals surface area contributed by atoms with Crippen molar-refractivity contribution in [2.75, 3.05) is 5.32 Å². The van der Waals surface area contributed by atoms with E-state index in [1.54, 1.807) is 0 Å². The molecule has 1 aromatic heterocycles. The number of rotatable bonds is 1. The zero-order valence-corrected chi connectivity index (χ0v) is 7.62. The SMILES string of the molecule is NC(=S)Nc1cncc(C(F)(F)F)c1. The van der Waals surface area contributed by atoms with Crippen molar-refractivity contribution in [1.29, 1.82) is 0 Å². The first kappa shape index (κ1) is 10.7. The monoisotopic (exact) mass is 221 g/mol. The molecule has 0 saturated heterocycles. The van der Waals surface area contributed by atoms with Gasteiger partial charge in [0.15, 0.2) is 5.11 Å². The Kier molecular flexibility index (Phi) is 2.90. The van der Waals surface area contributed by atoms with Gasteiger partial charge in [0.05, 0.1) is 17.4 Å². The quantitative estimate of drug-likeness (QED) is 0.709.